The molecule has 3 aliphatic rings. The highest BCUT2D eigenvalue weighted by Crippen LogP contribution is 2.35. The van der Waals surface area contributed by atoms with Gasteiger partial charge in [-0.1, -0.05) is 87.8 Å². The Labute approximate surface area is 444 Å². The lowest BCUT2D eigenvalue weighted by Crippen LogP contribution is -2.35. The SMILES string of the molecule is CC(Oc1ccc(Cl)cc1Cl)C(=O)NCc1ccc2c(c1)OCO2.C[C@@H](Oc1ccc(Cl)cc1Cl)C(=O)NCc1ccc2c(c1)OCO2.C[C@H](Oc1ccc(Cl)cc1Cl)C(=O)NCc1ccc2c(c1)OCO2. The van der Waals surface area contributed by atoms with Crippen LogP contribution >= 0.6 is 69.6 Å². The van der Waals surface area contributed by atoms with E-state index in [0.29, 0.717) is 102 Å². The van der Waals surface area contributed by atoms with Gasteiger partial charge in [-0.25, -0.2) is 0 Å². The summed E-state index contributed by atoms with van der Waals surface area (Å²) in [5.74, 6) is 4.64. The normalized spacial score (nSPS) is 13.5. The Balaban J connectivity index is 0.000000158. The molecule has 21 heteroatoms. The van der Waals surface area contributed by atoms with E-state index < -0.39 is 18.3 Å². The molecule has 0 saturated heterocycles. The van der Waals surface area contributed by atoms with Gasteiger partial charge in [0.25, 0.3) is 17.7 Å². The molecule has 378 valence electrons. The van der Waals surface area contributed by atoms with Crippen LogP contribution in [0.5, 0.6) is 51.7 Å². The summed E-state index contributed by atoms with van der Waals surface area (Å²) < 4.78 is 48.4. The van der Waals surface area contributed by atoms with Crippen molar-refractivity contribution < 1.29 is 57.0 Å². The van der Waals surface area contributed by atoms with Gasteiger partial charge >= 0.3 is 0 Å². The highest BCUT2D eigenvalue weighted by Gasteiger charge is 2.21. The first kappa shape index (κ1) is 53.5. The summed E-state index contributed by atoms with van der Waals surface area (Å²) >= 11 is 35.6. The lowest BCUT2D eigenvalue weighted by Gasteiger charge is -2.16. The molecule has 72 heavy (non-hydrogen) atoms. The van der Waals surface area contributed by atoms with Gasteiger partial charge in [0.1, 0.15) is 17.2 Å². The van der Waals surface area contributed by atoms with E-state index in [9.17, 15) is 14.4 Å². The molecule has 0 aromatic heterocycles. The summed E-state index contributed by atoms with van der Waals surface area (Å²) in [6.45, 7) is 6.69. The fraction of sp³-hybridized carbons (Fsp3) is 0.235. The summed E-state index contributed by atoms with van der Waals surface area (Å²) in [4.78, 5) is 36.5. The molecule has 3 heterocycles. The molecule has 6 aromatic carbocycles. The predicted molar refractivity (Wildman–Crippen MR) is 273 cm³/mol. The second kappa shape index (κ2) is 25.4. The van der Waals surface area contributed by atoms with E-state index in [4.69, 9.17) is 112 Å². The number of nitrogens with one attached hydrogen (secondary N) is 3. The van der Waals surface area contributed by atoms with Crippen molar-refractivity contribution in [1.29, 1.82) is 0 Å². The molecule has 1 unspecified atom stereocenters. The number of hydrogen-bond acceptors (Lipinski definition) is 12. The summed E-state index contributed by atoms with van der Waals surface area (Å²) in [7, 11) is 0. The molecule has 0 fully saturated rings. The van der Waals surface area contributed by atoms with Crippen molar-refractivity contribution in [2.45, 2.75) is 58.7 Å². The topological polar surface area (TPSA) is 170 Å². The van der Waals surface area contributed by atoms with Crippen LogP contribution in [0.15, 0.2) is 109 Å². The van der Waals surface area contributed by atoms with Crippen molar-refractivity contribution in [2.24, 2.45) is 0 Å². The molecule has 0 saturated carbocycles. The van der Waals surface area contributed by atoms with Gasteiger partial charge in [0.15, 0.2) is 52.8 Å². The quantitative estimate of drug-likeness (QED) is 0.0891. The van der Waals surface area contributed by atoms with Crippen molar-refractivity contribution in [2.75, 3.05) is 20.4 Å². The zero-order valence-corrected chi connectivity index (χ0v) is 43.1. The van der Waals surface area contributed by atoms with Crippen molar-refractivity contribution in [3.8, 4) is 51.7 Å². The van der Waals surface area contributed by atoms with Gasteiger partial charge in [-0.2, -0.15) is 0 Å². The lowest BCUT2D eigenvalue weighted by molar-refractivity contribution is -0.128. The fourth-order valence-corrected chi connectivity index (χ4v) is 7.95. The molecule has 0 bridgehead atoms. The van der Waals surface area contributed by atoms with Crippen molar-refractivity contribution in [1.82, 2.24) is 16.0 Å². The maximum atomic E-state index is 12.2. The Kier molecular flexibility index (Phi) is 18.8. The number of halogens is 6. The van der Waals surface area contributed by atoms with Crippen LogP contribution in [-0.2, 0) is 34.0 Å². The number of rotatable bonds is 15. The minimum atomic E-state index is -0.697. The van der Waals surface area contributed by atoms with Crippen LogP contribution in [0.25, 0.3) is 0 Å². The van der Waals surface area contributed by atoms with Crippen LogP contribution in [0, 0.1) is 0 Å². The molecule has 3 amide bonds. The van der Waals surface area contributed by atoms with E-state index in [1.807, 2.05) is 54.6 Å². The Bertz CT molecular complexity index is 2610. The number of amides is 3. The van der Waals surface area contributed by atoms with Gasteiger partial charge in [0, 0.05) is 34.7 Å². The average Bonchev–Trinajstić information content (AvgIpc) is 4.16. The molecule has 3 aliphatic heterocycles. The van der Waals surface area contributed by atoms with Crippen molar-refractivity contribution in [3.05, 3.63) is 156 Å². The van der Waals surface area contributed by atoms with E-state index in [0.717, 1.165) is 16.7 Å². The summed E-state index contributed by atoms with van der Waals surface area (Å²) in [6, 6.07) is 31.1. The van der Waals surface area contributed by atoms with E-state index in [1.54, 1.807) is 75.4 Å². The van der Waals surface area contributed by atoms with Gasteiger partial charge in [0.05, 0.1) is 15.1 Å². The molecule has 9 rings (SSSR count). The number of carbonyl (C=O) groups excluding carboxylic acids is 3. The number of carbonyl (C=O) groups is 3. The minimum absolute atomic E-state index is 0.220. The Hall–Kier alpha value is -6.33. The molecule has 0 spiro atoms. The van der Waals surface area contributed by atoms with Crippen LogP contribution < -0.4 is 58.6 Å². The highest BCUT2D eigenvalue weighted by atomic mass is 35.5. The number of ether oxygens (including phenoxy) is 9. The highest BCUT2D eigenvalue weighted by molar-refractivity contribution is 6.36. The monoisotopic (exact) mass is 1100 g/mol. The second-order valence-electron chi connectivity index (χ2n) is 15.7. The average molecular weight is 1100 g/mol. The third kappa shape index (κ3) is 15.1. The zero-order chi connectivity index (χ0) is 51.3. The van der Waals surface area contributed by atoms with Crippen LogP contribution in [0.3, 0.4) is 0 Å². The Morgan fingerprint density at radius 2 is 0.667 bits per heavy atom. The maximum Gasteiger partial charge on any atom is 0.261 e. The second-order valence-corrected chi connectivity index (χ2v) is 18.3. The number of benzene rings is 6. The van der Waals surface area contributed by atoms with Gasteiger partial charge in [-0.3, -0.25) is 14.4 Å². The first-order valence-electron chi connectivity index (χ1n) is 21.9. The van der Waals surface area contributed by atoms with E-state index in [-0.39, 0.29) is 38.1 Å². The minimum Gasteiger partial charge on any atom is -0.479 e. The van der Waals surface area contributed by atoms with Crippen LogP contribution in [0.4, 0.5) is 0 Å². The molecule has 6 aromatic rings. The first-order valence-corrected chi connectivity index (χ1v) is 24.2. The predicted octanol–water partition coefficient (Wildman–Crippen LogP) is 11.4. The molecular weight excluding hydrogens is 1060 g/mol. The largest absolute Gasteiger partial charge is 0.479 e. The summed E-state index contributed by atoms with van der Waals surface area (Å²) in [5, 5.41) is 11.0. The molecule has 0 aliphatic carbocycles. The van der Waals surface area contributed by atoms with Crippen LogP contribution in [0.2, 0.25) is 30.1 Å². The Morgan fingerprint density at radius 3 is 0.931 bits per heavy atom. The molecule has 3 N–H and O–H groups in total. The smallest absolute Gasteiger partial charge is 0.261 e. The van der Waals surface area contributed by atoms with Crippen molar-refractivity contribution >= 4 is 87.3 Å². The van der Waals surface area contributed by atoms with E-state index >= 15 is 0 Å². The third-order valence-electron chi connectivity index (χ3n) is 10.4. The number of hydrogen-bond donors (Lipinski definition) is 3. The summed E-state index contributed by atoms with van der Waals surface area (Å²) in [6.07, 6.45) is -2.09. The van der Waals surface area contributed by atoms with E-state index in [1.165, 1.54) is 0 Å². The number of fused-ring (bicyclic) bond motifs is 3. The van der Waals surface area contributed by atoms with Gasteiger partial charge in [0.2, 0.25) is 20.4 Å². The standard InChI is InChI=1S/3C17H15Cl2NO4/c3*1-10(24-14-5-3-12(18)7-13(14)19)17(21)20-8-11-2-4-15-16(6-11)23-9-22-15/h3*2-7,10H,8-9H2,1H3,(H,20,21)/t2*10-;/m10./s1. The van der Waals surface area contributed by atoms with Crippen LogP contribution in [-0.4, -0.2) is 56.4 Å². The van der Waals surface area contributed by atoms with Gasteiger partial charge in [-0.05, 0) is 128 Å². The molecule has 15 nitrogen and oxygen atoms in total. The van der Waals surface area contributed by atoms with Gasteiger partial charge in [-0.15, -0.1) is 0 Å². The van der Waals surface area contributed by atoms with Crippen LogP contribution in [0.1, 0.15) is 37.5 Å². The third-order valence-corrected chi connectivity index (χ3v) is 12.0. The zero-order valence-electron chi connectivity index (χ0n) is 38.5. The molecule has 3 atom stereocenters. The molecule has 0 radical (unpaired) electrons. The molecular formula is C51H45Cl6N3O12. The maximum absolute atomic E-state index is 12.2. The lowest BCUT2D eigenvalue weighted by atomic mass is 10.2. The fourth-order valence-electron chi connectivity index (χ4n) is 6.60. The van der Waals surface area contributed by atoms with Crippen molar-refractivity contribution in [3.63, 3.8) is 0 Å². The van der Waals surface area contributed by atoms with Gasteiger partial charge < -0.3 is 58.6 Å². The van der Waals surface area contributed by atoms with E-state index in [2.05, 4.69) is 16.0 Å². The summed E-state index contributed by atoms with van der Waals surface area (Å²) in [5.41, 5.74) is 2.72. The first-order chi connectivity index (χ1) is 34.6. The Morgan fingerprint density at radius 1 is 0.403 bits per heavy atom.